The molecule has 0 radical (unpaired) electrons. The van der Waals surface area contributed by atoms with Gasteiger partial charge in [0.1, 0.15) is 0 Å². The molecule has 26 heavy (non-hydrogen) atoms. The third-order valence-corrected chi connectivity index (χ3v) is 7.23. The summed E-state index contributed by atoms with van der Waals surface area (Å²) < 4.78 is 28.2. The van der Waals surface area contributed by atoms with Gasteiger partial charge in [0.05, 0.1) is 10.9 Å². The average Bonchev–Trinajstić information content (AvgIpc) is 3.29. The number of sulfonamides is 1. The minimum atomic E-state index is -3.57. The lowest BCUT2D eigenvalue weighted by Gasteiger charge is -2.25. The third kappa shape index (κ3) is 2.83. The van der Waals surface area contributed by atoms with E-state index in [0.717, 1.165) is 29.7 Å². The van der Waals surface area contributed by atoms with Crippen LogP contribution in [-0.2, 0) is 21.2 Å². The summed E-state index contributed by atoms with van der Waals surface area (Å²) >= 11 is 0. The van der Waals surface area contributed by atoms with Crippen molar-refractivity contribution in [3.8, 4) is 0 Å². The van der Waals surface area contributed by atoms with Gasteiger partial charge in [-0.05, 0) is 48.6 Å². The molecule has 0 spiro atoms. The summed E-state index contributed by atoms with van der Waals surface area (Å²) in [5, 5.41) is 0. The van der Waals surface area contributed by atoms with Crippen molar-refractivity contribution in [3.63, 3.8) is 0 Å². The predicted molar refractivity (Wildman–Crippen MR) is 100 cm³/mol. The van der Waals surface area contributed by atoms with Crippen molar-refractivity contribution in [2.75, 3.05) is 18.0 Å². The zero-order valence-corrected chi connectivity index (χ0v) is 15.6. The molecule has 2 aromatic carbocycles. The van der Waals surface area contributed by atoms with E-state index < -0.39 is 10.0 Å². The minimum absolute atomic E-state index is 0.0111. The first kappa shape index (κ1) is 17.2. The Morgan fingerprint density at radius 1 is 1.08 bits per heavy atom. The van der Waals surface area contributed by atoms with Gasteiger partial charge >= 0.3 is 0 Å². The number of amides is 1. The van der Waals surface area contributed by atoms with Crippen LogP contribution in [0.4, 0.5) is 5.69 Å². The van der Waals surface area contributed by atoms with E-state index in [1.807, 2.05) is 30.3 Å². The highest BCUT2D eigenvalue weighted by Gasteiger charge is 2.36. The predicted octanol–water partition coefficient (Wildman–Crippen LogP) is 3.12. The quantitative estimate of drug-likeness (QED) is 0.834. The fourth-order valence-electron chi connectivity index (χ4n) is 4.04. The summed E-state index contributed by atoms with van der Waals surface area (Å²) in [5.74, 6) is -0.0111. The van der Waals surface area contributed by atoms with E-state index in [4.69, 9.17) is 0 Å². The minimum Gasteiger partial charge on any atom is -0.312 e. The van der Waals surface area contributed by atoms with Crippen LogP contribution >= 0.6 is 0 Å². The second-order valence-corrected chi connectivity index (χ2v) is 8.79. The zero-order chi connectivity index (χ0) is 18.3. The smallest absolute Gasteiger partial charge is 0.243 e. The van der Waals surface area contributed by atoms with Crippen molar-refractivity contribution < 1.29 is 13.2 Å². The van der Waals surface area contributed by atoms with Crippen LogP contribution in [0.25, 0.3) is 0 Å². The lowest BCUT2D eigenvalue weighted by molar-refractivity contribution is -0.116. The SMILES string of the molecule is CC(=O)N1CCc2cc(S(=O)(=O)N3CCCC3c3ccccc3)ccc21. The van der Waals surface area contributed by atoms with Gasteiger partial charge in [0.15, 0.2) is 0 Å². The maximum absolute atomic E-state index is 13.3. The largest absolute Gasteiger partial charge is 0.312 e. The Bertz CT molecular complexity index is 941. The monoisotopic (exact) mass is 370 g/mol. The van der Waals surface area contributed by atoms with Crippen LogP contribution in [0.3, 0.4) is 0 Å². The summed E-state index contributed by atoms with van der Waals surface area (Å²) in [4.78, 5) is 13.7. The van der Waals surface area contributed by atoms with Crippen LogP contribution < -0.4 is 4.90 Å². The number of hydrogen-bond donors (Lipinski definition) is 0. The van der Waals surface area contributed by atoms with Crippen molar-refractivity contribution in [1.82, 2.24) is 4.31 Å². The fraction of sp³-hybridized carbons (Fsp3) is 0.350. The molecule has 1 amide bonds. The number of carbonyl (C=O) groups excluding carboxylic acids is 1. The lowest BCUT2D eigenvalue weighted by Crippen LogP contribution is -2.30. The van der Waals surface area contributed by atoms with Crippen molar-refractivity contribution in [2.45, 2.75) is 37.1 Å². The molecule has 0 aromatic heterocycles. The third-order valence-electron chi connectivity index (χ3n) is 5.32. The maximum atomic E-state index is 13.3. The summed E-state index contributed by atoms with van der Waals surface area (Å²) in [6, 6.07) is 14.9. The van der Waals surface area contributed by atoms with E-state index in [0.29, 0.717) is 24.4 Å². The molecule has 1 unspecified atom stereocenters. The molecule has 1 atom stereocenters. The van der Waals surface area contributed by atoms with Gasteiger partial charge in [-0.3, -0.25) is 4.79 Å². The van der Waals surface area contributed by atoms with Gasteiger partial charge in [-0.15, -0.1) is 0 Å². The summed E-state index contributed by atoms with van der Waals surface area (Å²) in [6.45, 7) is 2.69. The molecule has 1 fully saturated rings. The maximum Gasteiger partial charge on any atom is 0.243 e. The Morgan fingerprint density at radius 3 is 2.58 bits per heavy atom. The number of nitrogens with zero attached hydrogens (tertiary/aromatic N) is 2. The molecule has 5 nitrogen and oxygen atoms in total. The number of rotatable bonds is 3. The molecule has 2 aromatic rings. The molecule has 0 N–H and O–H groups in total. The van der Waals surface area contributed by atoms with E-state index in [9.17, 15) is 13.2 Å². The lowest BCUT2D eigenvalue weighted by atomic mass is 10.1. The summed E-state index contributed by atoms with van der Waals surface area (Å²) in [5.41, 5.74) is 2.80. The number of fused-ring (bicyclic) bond motifs is 1. The molecule has 2 aliphatic heterocycles. The van der Waals surface area contributed by atoms with Gasteiger partial charge in [0.25, 0.3) is 0 Å². The Morgan fingerprint density at radius 2 is 1.85 bits per heavy atom. The normalized spacial score (nSPS) is 20.3. The van der Waals surface area contributed by atoms with Crippen molar-refractivity contribution in [1.29, 1.82) is 0 Å². The van der Waals surface area contributed by atoms with Crippen LogP contribution in [0.15, 0.2) is 53.4 Å². The molecule has 6 heteroatoms. The second-order valence-electron chi connectivity index (χ2n) is 6.90. The van der Waals surface area contributed by atoms with Crippen LogP contribution in [0.2, 0.25) is 0 Å². The first-order valence-corrected chi connectivity index (χ1v) is 10.4. The van der Waals surface area contributed by atoms with Crippen LogP contribution in [-0.4, -0.2) is 31.7 Å². The fourth-order valence-corrected chi connectivity index (χ4v) is 5.77. The zero-order valence-electron chi connectivity index (χ0n) is 14.8. The molecular weight excluding hydrogens is 348 g/mol. The first-order valence-electron chi connectivity index (χ1n) is 8.96. The number of benzene rings is 2. The summed E-state index contributed by atoms with van der Waals surface area (Å²) in [7, 11) is -3.57. The molecule has 1 saturated heterocycles. The van der Waals surface area contributed by atoms with E-state index in [2.05, 4.69) is 0 Å². The number of hydrogen-bond acceptors (Lipinski definition) is 3. The van der Waals surface area contributed by atoms with Crippen molar-refractivity contribution in [3.05, 3.63) is 59.7 Å². The Labute approximate surface area is 154 Å². The van der Waals surface area contributed by atoms with Gasteiger partial charge in [-0.2, -0.15) is 4.31 Å². The molecule has 2 heterocycles. The van der Waals surface area contributed by atoms with Gasteiger partial charge in [0, 0.05) is 25.7 Å². The highest BCUT2D eigenvalue weighted by Crippen LogP contribution is 2.38. The topological polar surface area (TPSA) is 57.7 Å². The molecule has 2 aliphatic rings. The second kappa shape index (κ2) is 6.52. The van der Waals surface area contributed by atoms with Gasteiger partial charge in [-0.1, -0.05) is 30.3 Å². The molecule has 136 valence electrons. The highest BCUT2D eigenvalue weighted by atomic mass is 32.2. The van der Waals surface area contributed by atoms with Crippen molar-refractivity contribution >= 4 is 21.6 Å². The standard InChI is InChI=1S/C20H22N2O3S/c1-15(23)21-13-11-17-14-18(9-10-19(17)21)26(24,25)22-12-5-8-20(22)16-6-3-2-4-7-16/h2-4,6-7,9-10,14,20H,5,8,11-13H2,1H3. The number of carbonyl (C=O) groups is 1. The van der Waals surface area contributed by atoms with Crippen LogP contribution in [0, 0.1) is 0 Å². The Balaban J connectivity index is 1.68. The van der Waals surface area contributed by atoms with Gasteiger partial charge < -0.3 is 4.90 Å². The average molecular weight is 370 g/mol. The molecule has 0 saturated carbocycles. The van der Waals surface area contributed by atoms with E-state index in [1.54, 1.807) is 27.4 Å². The van der Waals surface area contributed by atoms with Gasteiger partial charge in [-0.25, -0.2) is 8.42 Å². The van der Waals surface area contributed by atoms with Crippen LogP contribution in [0.1, 0.15) is 36.9 Å². The molecule has 0 aliphatic carbocycles. The van der Waals surface area contributed by atoms with Gasteiger partial charge in [0.2, 0.25) is 15.9 Å². The summed E-state index contributed by atoms with van der Waals surface area (Å²) in [6.07, 6.45) is 2.40. The molecule has 4 rings (SSSR count). The molecular formula is C20H22N2O3S. The highest BCUT2D eigenvalue weighted by molar-refractivity contribution is 7.89. The van der Waals surface area contributed by atoms with Crippen molar-refractivity contribution in [2.24, 2.45) is 0 Å². The van der Waals surface area contributed by atoms with E-state index >= 15 is 0 Å². The Kier molecular flexibility index (Phi) is 4.32. The number of anilines is 1. The van der Waals surface area contributed by atoms with E-state index in [-0.39, 0.29) is 11.9 Å². The van der Waals surface area contributed by atoms with E-state index in [1.165, 1.54) is 6.92 Å². The Hall–Kier alpha value is -2.18. The first-order chi connectivity index (χ1) is 12.5. The molecule has 0 bridgehead atoms. The van der Waals surface area contributed by atoms with Crippen LogP contribution in [0.5, 0.6) is 0 Å².